The molecule has 2 heterocycles. The quantitative estimate of drug-likeness (QED) is 0.625. The molecule has 1 atom stereocenters. The number of esters is 2. The van der Waals surface area contributed by atoms with Crippen LogP contribution in [0.4, 0.5) is 4.79 Å². The molecule has 1 aliphatic heterocycles. The molecule has 1 unspecified atom stereocenters. The molecule has 0 saturated carbocycles. The van der Waals surface area contributed by atoms with Gasteiger partial charge in [0.25, 0.3) is 0 Å². The van der Waals surface area contributed by atoms with E-state index in [1.165, 1.54) is 11.3 Å². The van der Waals surface area contributed by atoms with Crippen LogP contribution in [0.25, 0.3) is 0 Å². The first kappa shape index (κ1) is 21.4. The lowest BCUT2D eigenvalue weighted by atomic mass is 9.95. The summed E-state index contributed by atoms with van der Waals surface area (Å²) in [7, 11) is 1.55. The lowest BCUT2D eigenvalue weighted by molar-refractivity contribution is -0.143. The third-order valence-electron chi connectivity index (χ3n) is 4.40. The van der Waals surface area contributed by atoms with E-state index in [0.717, 1.165) is 5.56 Å². The Morgan fingerprint density at radius 2 is 1.90 bits per heavy atom. The van der Waals surface area contributed by atoms with E-state index in [0.29, 0.717) is 11.3 Å². The number of ether oxygens (including phenoxy) is 3. The first-order chi connectivity index (χ1) is 14.5. The molecule has 158 valence electrons. The molecule has 0 radical (unpaired) electrons. The van der Waals surface area contributed by atoms with Crippen molar-refractivity contribution in [3.05, 3.63) is 63.5 Å². The molecule has 0 aliphatic carbocycles. The molecule has 3 rings (SSSR count). The van der Waals surface area contributed by atoms with E-state index in [2.05, 4.69) is 10.6 Å². The van der Waals surface area contributed by atoms with Crippen LogP contribution in [0.5, 0.6) is 5.75 Å². The van der Waals surface area contributed by atoms with Gasteiger partial charge in [0.15, 0.2) is 0 Å². The minimum Gasteiger partial charge on any atom is -0.497 e. The van der Waals surface area contributed by atoms with Crippen molar-refractivity contribution >= 4 is 29.3 Å². The fourth-order valence-corrected chi connectivity index (χ4v) is 3.66. The van der Waals surface area contributed by atoms with E-state index in [-0.39, 0.29) is 30.9 Å². The molecule has 0 fully saturated rings. The number of nitrogens with one attached hydrogen (secondary N) is 2. The van der Waals surface area contributed by atoms with Crippen LogP contribution in [0, 0.1) is 0 Å². The molecular weight excluding hydrogens is 408 g/mol. The second-order valence-electron chi connectivity index (χ2n) is 6.39. The number of carbonyl (C=O) groups is 3. The van der Waals surface area contributed by atoms with Gasteiger partial charge >= 0.3 is 18.0 Å². The number of urea groups is 1. The van der Waals surface area contributed by atoms with Gasteiger partial charge in [-0.05, 0) is 47.0 Å². The van der Waals surface area contributed by atoms with Crippen LogP contribution in [-0.4, -0.2) is 38.3 Å². The first-order valence-electron chi connectivity index (χ1n) is 9.30. The summed E-state index contributed by atoms with van der Waals surface area (Å²) in [5.41, 5.74) is 1.88. The van der Waals surface area contributed by atoms with Gasteiger partial charge in [-0.25, -0.2) is 9.59 Å². The fraction of sp³-hybridized carbons (Fsp3) is 0.286. The van der Waals surface area contributed by atoms with Crippen molar-refractivity contribution in [2.45, 2.75) is 19.4 Å². The third-order valence-corrected chi connectivity index (χ3v) is 5.14. The molecule has 9 heteroatoms. The maximum Gasteiger partial charge on any atom is 0.338 e. The molecule has 1 aliphatic rings. The van der Waals surface area contributed by atoms with E-state index in [9.17, 15) is 14.4 Å². The molecule has 2 N–H and O–H groups in total. The molecular formula is C21H22N2O6S. The zero-order valence-corrected chi connectivity index (χ0v) is 17.4. The number of thiophene rings is 1. The highest BCUT2D eigenvalue weighted by atomic mass is 32.1. The van der Waals surface area contributed by atoms with Crippen molar-refractivity contribution in [3.63, 3.8) is 0 Å². The number of hydrogen-bond donors (Lipinski definition) is 2. The van der Waals surface area contributed by atoms with Crippen LogP contribution in [-0.2, 0) is 25.5 Å². The van der Waals surface area contributed by atoms with Crippen molar-refractivity contribution in [1.29, 1.82) is 0 Å². The highest BCUT2D eigenvalue weighted by Gasteiger charge is 2.34. The van der Waals surface area contributed by atoms with E-state index in [1.807, 2.05) is 16.8 Å². The van der Waals surface area contributed by atoms with Crippen molar-refractivity contribution in [2.24, 2.45) is 0 Å². The van der Waals surface area contributed by atoms with Crippen molar-refractivity contribution in [1.82, 2.24) is 10.6 Å². The predicted octanol–water partition coefficient (Wildman–Crippen LogP) is 2.71. The standard InChI is InChI=1S/C21H22N2O6S/c1-3-28-20(25)18-16(11-29-17(24)10-13-8-9-30-12-13)22-21(26)23-19(18)14-4-6-15(27-2)7-5-14/h4-9,12,19H,3,10-11H2,1-2H3,(H2,22,23,26). The predicted molar refractivity (Wildman–Crippen MR) is 110 cm³/mol. The monoisotopic (exact) mass is 430 g/mol. The maximum absolute atomic E-state index is 12.7. The summed E-state index contributed by atoms with van der Waals surface area (Å²) in [5, 5.41) is 9.03. The lowest BCUT2D eigenvalue weighted by Crippen LogP contribution is -2.47. The van der Waals surface area contributed by atoms with Crippen LogP contribution in [0.2, 0.25) is 0 Å². The first-order valence-corrected chi connectivity index (χ1v) is 10.2. The van der Waals surface area contributed by atoms with Gasteiger partial charge in [0, 0.05) is 0 Å². The Hall–Kier alpha value is -3.33. The highest BCUT2D eigenvalue weighted by molar-refractivity contribution is 7.08. The third kappa shape index (κ3) is 5.18. The van der Waals surface area contributed by atoms with Gasteiger partial charge in [-0.2, -0.15) is 11.3 Å². The smallest absolute Gasteiger partial charge is 0.338 e. The Morgan fingerprint density at radius 1 is 1.13 bits per heavy atom. The van der Waals surface area contributed by atoms with Crippen LogP contribution >= 0.6 is 11.3 Å². The van der Waals surface area contributed by atoms with Gasteiger partial charge in [0.2, 0.25) is 0 Å². The van der Waals surface area contributed by atoms with E-state index < -0.39 is 24.0 Å². The fourth-order valence-electron chi connectivity index (χ4n) is 2.99. The molecule has 2 aromatic rings. The maximum atomic E-state index is 12.7. The minimum atomic E-state index is -0.755. The van der Waals surface area contributed by atoms with Gasteiger partial charge in [-0.15, -0.1) is 0 Å². The normalized spacial score (nSPS) is 15.8. The van der Waals surface area contributed by atoms with Crippen LogP contribution in [0.1, 0.15) is 24.1 Å². The van der Waals surface area contributed by atoms with Crippen molar-refractivity contribution < 1.29 is 28.6 Å². The molecule has 1 aromatic carbocycles. The average Bonchev–Trinajstić information content (AvgIpc) is 3.25. The molecule has 1 aromatic heterocycles. The number of amides is 2. The van der Waals surface area contributed by atoms with Crippen molar-refractivity contribution in [2.75, 3.05) is 20.3 Å². The molecule has 30 heavy (non-hydrogen) atoms. The van der Waals surface area contributed by atoms with Gasteiger partial charge in [0.1, 0.15) is 12.4 Å². The molecule has 0 saturated heterocycles. The molecule has 2 amide bonds. The minimum absolute atomic E-state index is 0.111. The Kier molecular flexibility index (Phi) is 7.08. The Labute approximate surface area is 177 Å². The lowest BCUT2D eigenvalue weighted by Gasteiger charge is -2.29. The second kappa shape index (κ2) is 9.93. The van der Waals surface area contributed by atoms with Gasteiger partial charge in [0.05, 0.1) is 37.4 Å². The number of rotatable bonds is 8. The second-order valence-corrected chi connectivity index (χ2v) is 7.17. The summed E-state index contributed by atoms with van der Waals surface area (Å²) in [6, 6.07) is 7.52. The van der Waals surface area contributed by atoms with E-state index in [4.69, 9.17) is 14.2 Å². The van der Waals surface area contributed by atoms with Crippen LogP contribution in [0.15, 0.2) is 52.4 Å². The van der Waals surface area contributed by atoms with Crippen molar-refractivity contribution in [3.8, 4) is 5.75 Å². The summed E-state index contributed by atoms with van der Waals surface area (Å²) in [6.07, 6.45) is 0.111. The SMILES string of the molecule is CCOC(=O)C1=C(COC(=O)Cc2ccsc2)NC(=O)NC1c1ccc(OC)cc1. The summed E-state index contributed by atoms with van der Waals surface area (Å²) in [4.78, 5) is 37.1. The summed E-state index contributed by atoms with van der Waals surface area (Å²) >= 11 is 1.49. The van der Waals surface area contributed by atoms with Gasteiger partial charge in [-0.1, -0.05) is 12.1 Å². The summed E-state index contributed by atoms with van der Waals surface area (Å²) in [6.45, 7) is 1.60. The number of hydrogen-bond acceptors (Lipinski definition) is 7. The van der Waals surface area contributed by atoms with Crippen LogP contribution in [0.3, 0.4) is 0 Å². The zero-order chi connectivity index (χ0) is 21.5. The Bertz CT molecular complexity index is 937. The number of carbonyl (C=O) groups excluding carboxylic acids is 3. The largest absolute Gasteiger partial charge is 0.497 e. The highest BCUT2D eigenvalue weighted by Crippen LogP contribution is 2.29. The molecule has 0 bridgehead atoms. The number of benzene rings is 1. The molecule has 8 nitrogen and oxygen atoms in total. The Balaban J connectivity index is 1.86. The average molecular weight is 430 g/mol. The summed E-state index contributed by atoms with van der Waals surface area (Å²) < 4.78 is 15.7. The van der Waals surface area contributed by atoms with E-state index >= 15 is 0 Å². The van der Waals surface area contributed by atoms with E-state index in [1.54, 1.807) is 38.3 Å². The van der Waals surface area contributed by atoms with Gasteiger partial charge in [-0.3, -0.25) is 4.79 Å². The van der Waals surface area contributed by atoms with Crippen LogP contribution < -0.4 is 15.4 Å². The van der Waals surface area contributed by atoms with Gasteiger partial charge < -0.3 is 24.8 Å². The Morgan fingerprint density at radius 3 is 2.53 bits per heavy atom. The molecule has 0 spiro atoms. The number of methoxy groups -OCH3 is 1. The summed E-state index contributed by atoms with van der Waals surface area (Å²) in [5.74, 6) is -0.421. The topological polar surface area (TPSA) is 103 Å². The zero-order valence-electron chi connectivity index (χ0n) is 16.6.